The molecule has 1 N–H and O–H groups in total. The lowest BCUT2D eigenvalue weighted by Gasteiger charge is -2.08. The molecule has 0 atom stereocenters. The molecule has 0 aliphatic carbocycles. The molecule has 0 unspecified atom stereocenters. The first-order valence-corrected chi connectivity index (χ1v) is 6.09. The maximum Gasteiger partial charge on any atom is 0.123 e. The second-order valence-corrected chi connectivity index (χ2v) is 5.32. The molecule has 2 aromatic rings. The Morgan fingerprint density at radius 1 is 1.31 bits per heavy atom. The molecule has 0 saturated carbocycles. The molecule has 1 heterocycles. The van der Waals surface area contributed by atoms with Crippen LogP contribution >= 0.6 is 22.9 Å². The quantitative estimate of drug-likeness (QED) is 0.854. The van der Waals surface area contributed by atoms with Crippen molar-refractivity contribution in [3.05, 3.63) is 50.9 Å². The van der Waals surface area contributed by atoms with Crippen LogP contribution in [-0.4, -0.2) is 0 Å². The van der Waals surface area contributed by atoms with E-state index in [0.717, 1.165) is 20.5 Å². The van der Waals surface area contributed by atoms with Gasteiger partial charge in [-0.05, 0) is 42.8 Å². The zero-order chi connectivity index (χ0) is 11.5. The standard InChI is InChI=1S/C12H11ClFNS/c1-8-6-9(14)2-4-11(8)15-7-10-3-5-12(13)16-10/h2-6,15H,7H2,1H3. The topological polar surface area (TPSA) is 12.0 Å². The highest BCUT2D eigenvalue weighted by Crippen LogP contribution is 2.23. The van der Waals surface area contributed by atoms with Crippen LogP contribution in [0.15, 0.2) is 30.3 Å². The van der Waals surface area contributed by atoms with Crippen molar-refractivity contribution in [1.82, 2.24) is 0 Å². The summed E-state index contributed by atoms with van der Waals surface area (Å²) >= 11 is 7.38. The summed E-state index contributed by atoms with van der Waals surface area (Å²) in [5.74, 6) is -0.206. The van der Waals surface area contributed by atoms with Crippen LogP contribution in [-0.2, 0) is 6.54 Å². The molecular formula is C12H11ClFNS. The summed E-state index contributed by atoms with van der Waals surface area (Å²) in [5, 5.41) is 3.25. The van der Waals surface area contributed by atoms with Gasteiger partial charge >= 0.3 is 0 Å². The van der Waals surface area contributed by atoms with Gasteiger partial charge in [0.2, 0.25) is 0 Å². The fraction of sp³-hybridized carbons (Fsp3) is 0.167. The first kappa shape index (κ1) is 11.4. The zero-order valence-electron chi connectivity index (χ0n) is 8.76. The summed E-state index contributed by atoms with van der Waals surface area (Å²) in [6.07, 6.45) is 0. The van der Waals surface area contributed by atoms with Gasteiger partial charge in [0.05, 0.1) is 4.34 Å². The van der Waals surface area contributed by atoms with Crippen molar-refractivity contribution in [2.24, 2.45) is 0 Å². The number of nitrogens with one attached hydrogen (secondary N) is 1. The second kappa shape index (κ2) is 4.85. The first-order valence-electron chi connectivity index (χ1n) is 4.89. The predicted octanol–water partition coefficient (Wildman–Crippen LogP) is 4.46. The van der Waals surface area contributed by atoms with Gasteiger partial charge in [-0.15, -0.1) is 11.3 Å². The molecule has 16 heavy (non-hydrogen) atoms. The van der Waals surface area contributed by atoms with E-state index in [2.05, 4.69) is 5.32 Å². The van der Waals surface area contributed by atoms with E-state index in [1.165, 1.54) is 12.1 Å². The zero-order valence-corrected chi connectivity index (χ0v) is 10.3. The third-order valence-electron chi connectivity index (χ3n) is 2.27. The van der Waals surface area contributed by atoms with Gasteiger partial charge in [0.1, 0.15) is 5.82 Å². The number of hydrogen-bond acceptors (Lipinski definition) is 2. The molecule has 2 rings (SSSR count). The Morgan fingerprint density at radius 2 is 2.12 bits per heavy atom. The molecule has 0 aliphatic heterocycles. The summed E-state index contributed by atoms with van der Waals surface area (Å²) in [4.78, 5) is 1.16. The lowest BCUT2D eigenvalue weighted by molar-refractivity contribution is 0.627. The molecule has 84 valence electrons. The molecule has 4 heteroatoms. The smallest absolute Gasteiger partial charge is 0.123 e. The van der Waals surface area contributed by atoms with Gasteiger partial charge in [0, 0.05) is 17.1 Å². The second-order valence-electron chi connectivity index (χ2n) is 3.52. The van der Waals surface area contributed by atoms with Crippen molar-refractivity contribution < 1.29 is 4.39 Å². The van der Waals surface area contributed by atoms with E-state index >= 15 is 0 Å². The fourth-order valence-electron chi connectivity index (χ4n) is 1.45. The van der Waals surface area contributed by atoms with Crippen molar-refractivity contribution in [2.45, 2.75) is 13.5 Å². The van der Waals surface area contributed by atoms with Gasteiger partial charge in [-0.25, -0.2) is 4.39 Å². The Hall–Kier alpha value is -1.06. The highest BCUT2D eigenvalue weighted by Gasteiger charge is 2.01. The molecule has 0 spiro atoms. The van der Waals surface area contributed by atoms with Crippen LogP contribution in [0.1, 0.15) is 10.4 Å². The first-order chi connectivity index (χ1) is 7.65. The number of benzene rings is 1. The van der Waals surface area contributed by atoms with E-state index in [4.69, 9.17) is 11.6 Å². The van der Waals surface area contributed by atoms with Crippen LogP contribution in [0.3, 0.4) is 0 Å². The number of rotatable bonds is 3. The Kier molecular flexibility index (Phi) is 3.46. The maximum absolute atomic E-state index is 12.9. The van der Waals surface area contributed by atoms with Crippen LogP contribution in [0.5, 0.6) is 0 Å². The normalized spacial score (nSPS) is 10.4. The van der Waals surface area contributed by atoms with Crippen LogP contribution in [0.25, 0.3) is 0 Å². The SMILES string of the molecule is Cc1cc(F)ccc1NCc1ccc(Cl)s1. The fourth-order valence-corrected chi connectivity index (χ4v) is 2.48. The van der Waals surface area contributed by atoms with Gasteiger partial charge in [0.15, 0.2) is 0 Å². The molecule has 0 saturated heterocycles. The van der Waals surface area contributed by atoms with E-state index in [1.807, 2.05) is 19.1 Å². The Morgan fingerprint density at radius 3 is 2.75 bits per heavy atom. The monoisotopic (exact) mass is 255 g/mol. The van der Waals surface area contributed by atoms with Crippen molar-refractivity contribution in [1.29, 1.82) is 0 Å². The lowest BCUT2D eigenvalue weighted by Crippen LogP contribution is -1.99. The molecule has 0 amide bonds. The molecule has 1 nitrogen and oxygen atoms in total. The predicted molar refractivity (Wildman–Crippen MR) is 67.8 cm³/mol. The molecular weight excluding hydrogens is 245 g/mol. The van der Waals surface area contributed by atoms with E-state index in [-0.39, 0.29) is 5.82 Å². The highest BCUT2D eigenvalue weighted by molar-refractivity contribution is 7.16. The van der Waals surface area contributed by atoms with Crippen molar-refractivity contribution >= 4 is 28.6 Å². The summed E-state index contributed by atoms with van der Waals surface area (Å²) in [5.41, 5.74) is 1.86. The summed E-state index contributed by atoms with van der Waals surface area (Å²) in [6, 6.07) is 8.58. The van der Waals surface area contributed by atoms with Crippen LogP contribution < -0.4 is 5.32 Å². The number of thiophene rings is 1. The van der Waals surface area contributed by atoms with E-state index < -0.39 is 0 Å². The van der Waals surface area contributed by atoms with Gasteiger partial charge in [-0.1, -0.05) is 11.6 Å². The van der Waals surface area contributed by atoms with Crippen molar-refractivity contribution in [2.75, 3.05) is 5.32 Å². The molecule has 0 bridgehead atoms. The minimum absolute atomic E-state index is 0.206. The van der Waals surface area contributed by atoms with E-state index in [9.17, 15) is 4.39 Å². The van der Waals surface area contributed by atoms with Gasteiger partial charge in [0.25, 0.3) is 0 Å². The maximum atomic E-state index is 12.9. The third-order valence-corrected chi connectivity index (χ3v) is 3.50. The minimum atomic E-state index is -0.206. The average Bonchev–Trinajstić information content (AvgIpc) is 2.63. The summed E-state index contributed by atoms with van der Waals surface area (Å²) < 4.78 is 13.7. The largest absolute Gasteiger partial charge is 0.380 e. The van der Waals surface area contributed by atoms with Crippen LogP contribution in [0.2, 0.25) is 4.34 Å². The summed E-state index contributed by atoms with van der Waals surface area (Å²) in [7, 11) is 0. The van der Waals surface area contributed by atoms with Crippen LogP contribution in [0.4, 0.5) is 10.1 Å². The number of anilines is 1. The van der Waals surface area contributed by atoms with E-state index in [1.54, 1.807) is 17.4 Å². The molecule has 0 aliphatic rings. The number of hydrogen-bond donors (Lipinski definition) is 1. The van der Waals surface area contributed by atoms with Crippen molar-refractivity contribution in [3.8, 4) is 0 Å². The minimum Gasteiger partial charge on any atom is -0.380 e. The molecule has 1 aromatic heterocycles. The number of halogens is 2. The third kappa shape index (κ3) is 2.74. The molecule has 0 radical (unpaired) electrons. The Labute approximate surface area is 103 Å². The van der Waals surface area contributed by atoms with Gasteiger partial charge < -0.3 is 5.32 Å². The average molecular weight is 256 g/mol. The lowest BCUT2D eigenvalue weighted by atomic mass is 10.2. The van der Waals surface area contributed by atoms with Gasteiger partial charge in [-0.3, -0.25) is 0 Å². The van der Waals surface area contributed by atoms with E-state index in [0.29, 0.717) is 6.54 Å². The van der Waals surface area contributed by atoms with Crippen LogP contribution in [0, 0.1) is 12.7 Å². The van der Waals surface area contributed by atoms with Gasteiger partial charge in [-0.2, -0.15) is 0 Å². The van der Waals surface area contributed by atoms with Crippen molar-refractivity contribution in [3.63, 3.8) is 0 Å². The molecule has 0 fully saturated rings. The molecule has 1 aromatic carbocycles. The highest BCUT2D eigenvalue weighted by atomic mass is 35.5. The Balaban J connectivity index is 2.04. The Bertz CT molecular complexity index is 496. The summed E-state index contributed by atoms with van der Waals surface area (Å²) in [6.45, 7) is 2.59. The number of aryl methyl sites for hydroxylation is 1.